The van der Waals surface area contributed by atoms with Gasteiger partial charge >= 0.3 is 11.7 Å². The van der Waals surface area contributed by atoms with Gasteiger partial charge in [0, 0.05) is 5.39 Å². The van der Waals surface area contributed by atoms with Crippen LogP contribution in [0.1, 0.15) is 20.8 Å². The van der Waals surface area contributed by atoms with Crippen LogP contribution in [-0.2, 0) is 4.74 Å². The normalized spacial score (nSPS) is 10.3. The van der Waals surface area contributed by atoms with Crippen molar-refractivity contribution in [3.8, 4) is 5.75 Å². The zero-order chi connectivity index (χ0) is 14.9. The van der Waals surface area contributed by atoms with Crippen LogP contribution in [0.2, 0.25) is 0 Å². The second-order valence-corrected chi connectivity index (χ2v) is 3.82. The molecule has 8 nitrogen and oxygen atoms in total. The molecule has 8 heteroatoms. The lowest BCUT2D eigenvalue weighted by Crippen LogP contribution is -2.04. The molecule has 1 N–H and O–H groups in total. The molecule has 1 heterocycles. The number of nitro groups is 1. The van der Waals surface area contributed by atoms with E-state index < -0.39 is 10.9 Å². The van der Waals surface area contributed by atoms with E-state index in [0.717, 1.165) is 7.11 Å². The van der Waals surface area contributed by atoms with E-state index in [1.165, 1.54) is 19.2 Å². The number of rotatable bonds is 4. The Morgan fingerprint density at radius 2 is 2.10 bits per heavy atom. The SMILES string of the molecule is COC(=O)c1[nH]c2c([N+](=O)[O-])c(OC)ccc2c1C=O. The van der Waals surface area contributed by atoms with Crippen LogP contribution in [0.3, 0.4) is 0 Å². The number of methoxy groups -OCH3 is 2. The average molecular weight is 278 g/mol. The molecule has 104 valence electrons. The van der Waals surface area contributed by atoms with Crippen LogP contribution in [-0.4, -0.2) is 36.4 Å². The number of carbonyl (C=O) groups excluding carboxylic acids is 2. The van der Waals surface area contributed by atoms with E-state index in [1.807, 2.05) is 0 Å². The number of aromatic nitrogens is 1. The Morgan fingerprint density at radius 1 is 1.40 bits per heavy atom. The van der Waals surface area contributed by atoms with Crippen LogP contribution < -0.4 is 4.74 Å². The molecular formula is C12H10N2O6. The Hall–Kier alpha value is -2.90. The number of hydrogen-bond acceptors (Lipinski definition) is 6. The number of hydrogen-bond donors (Lipinski definition) is 1. The van der Waals surface area contributed by atoms with E-state index in [1.54, 1.807) is 0 Å². The van der Waals surface area contributed by atoms with Crippen molar-refractivity contribution < 1.29 is 24.0 Å². The van der Waals surface area contributed by atoms with Crippen LogP contribution >= 0.6 is 0 Å². The molecule has 2 aromatic rings. The van der Waals surface area contributed by atoms with Crippen LogP contribution in [0.5, 0.6) is 5.75 Å². The second kappa shape index (κ2) is 5.00. The minimum absolute atomic E-state index is 0.0117. The maximum atomic E-state index is 11.6. The summed E-state index contributed by atoms with van der Waals surface area (Å²) in [5.41, 5.74) is -0.424. The summed E-state index contributed by atoms with van der Waals surface area (Å²) in [5.74, 6) is -0.755. The predicted molar refractivity (Wildman–Crippen MR) is 68.2 cm³/mol. The number of ether oxygens (including phenoxy) is 2. The fraction of sp³-hybridized carbons (Fsp3) is 0.167. The van der Waals surface area contributed by atoms with Crippen LogP contribution in [0.15, 0.2) is 12.1 Å². The molecular weight excluding hydrogens is 268 g/mol. The number of esters is 1. The molecule has 1 aromatic heterocycles. The first-order valence-electron chi connectivity index (χ1n) is 5.45. The summed E-state index contributed by atoms with van der Waals surface area (Å²) in [5, 5.41) is 11.4. The molecule has 0 amide bonds. The zero-order valence-electron chi connectivity index (χ0n) is 10.6. The van der Waals surface area contributed by atoms with Crippen LogP contribution in [0.4, 0.5) is 5.69 Å². The number of aromatic amines is 1. The van der Waals surface area contributed by atoms with Gasteiger partial charge in [-0.25, -0.2) is 4.79 Å². The standard InChI is InChI=1S/C12H10N2O6/c1-19-8-4-3-6-7(5-15)10(12(16)20-2)13-9(6)11(8)14(17)18/h3-5,13H,1-2H3. The van der Waals surface area contributed by atoms with Gasteiger partial charge in [0.2, 0.25) is 0 Å². The Labute approximate surface area is 112 Å². The third-order valence-corrected chi connectivity index (χ3v) is 2.86. The Balaban J connectivity index is 2.89. The monoisotopic (exact) mass is 278 g/mol. The Bertz CT molecular complexity index is 718. The summed E-state index contributed by atoms with van der Waals surface area (Å²) >= 11 is 0. The Morgan fingerprint density at radius 3 is 2.60 bits per heavy atom. The zero-order valence-corrected chi connectivity index (χ0v) is 10.6. The van der Waals surface area contributed by atoms with Gasteiger partial charge < -0.3 is 14.5 Å². The van der Waals surface area contributed by atoms with Gasteiger partial charge in [-0.15, -0.1) is 0 Å². The summed E-state index contributed by atoms with van der Waals surface area (Å²) in [4.78, 5) is 35.8. The van der Waals surface area contributed by atoms with Gasteiger partial charge in [0.25, 0.3) is 0 Å². The molecule has 0 unspecified atom stereocenters. The van der Waals surface area contributed by atoms with Gasteiger partial charge in [0.1, 0.15) is 11.2 Å². The molecule has 0 aliphatic carbocycles. The molecule has 0 atom stereocenters. The van der Waals surface area contributed by atoms with Gasteiger partial charge in [-0.05, 0) is 12.1 Å². The third-order valence-electron chi connectivity index (χ3n) is 2.86. The number of nitrogens with one attached hydrogen (secondary N) is 1. The number of carbonyl (C=O) groups is 2. The minimum Gasteiger partial charge on any atom is -0.490 e. The third kappa shape index (κ3) is 1.87. The summed E-state index contributed by atoms with van der Waals surface area (Å²) in [6, 6.07) is 2.83. The van der Waals surface area contributed by atoms with Crippen molar-refractivity contribution in [2.75, 3.05) is 14.2 Å². The number of fused-ring (bicyclic) bond motifs is 1. The van der Waals surface area contributed by atoms with Crippen molar-refractivity contribution in [3.63, 3.8) is 0 Å². The molecule has 0 spiro atoms. The molecule has 0 aliphatic rings. The maximum absolute atomic E-state index is 11.6. The average Bonchev–Trinajstić information content (AvgIpc) is 2.83. The Kier molecular flexibility index (Phi) is 3.38. The highest BCUT2D eigenvalue weighted by atomic mass is 16.6. The van der Waals surface area contributed by atoms with E-state index in [4.69, 9.17) is 4.74 Å². The minimum atomic E-state index is -0.781. The highest BCUT2D eigenvalue weighted by Crippen LogP contribution is 2.36. The molecule has 2 rings (SSSR count). The van der Waals surface area contributed by atoms with Gasteiger partial charge in [-0.2, -0.15) is 0 Å². The van der Waals surface area contributed by atoms with E-state index in [-0.39, 0.29) is 33.6 Å². The topological polar surface area (TPSA) is 112 Å². The fourth-order valence-corrected chi connectivity index (χ4v) is 1.98. The molecule has 1 aromatic carbocycles. The lowest BCUT2D eigenvalue weighted by atomic mass is 10.1. The van der Waals surface area contributed by atoms with E-state index >= 15 is 0 Å². The van der Waals surface area contributed by atoms with Crippen molar-refractivity contribution in [3.05, 3.63) is 33.5 Å². The van der Waals surface area contributed by atoms with Crippen molar-refractivity contribution in [2.45, 2.75) is 0 Å². The highest BCUT2D eigenvalue weighted by molar-refractivity contribution is 6.10. The summed E-state index contributed by atoms with van der Waals surface area (Å²) < 4.78 is 9.45. The highest BCUT2D eigenvalue weighted by Gasteiger charge is 2.26. The van der Waals surface area contributed by atoms with Gasteiger partial charge in [0.15, 0.2) is 12.0 Å². The molecule has 0 saturated heterocycles. The molecule has 20 heavy (non-hydrogen) atoms. The second-order valence-electron chi connectivity index (χ2n) is 3.82. The lowest BCUT2D eigenvalue weighted by Gasteiger charge is -2.01. The van der Waals surface area contributed by atoms with E-state index in [2.05, 4.69) is 9.72 Å². The summed E-state index contributed by atoms with van der Waals surface area (Å²) in [6.07, 6.45) is 0.446. The smallest absolute Gasteiger partial charge is 0.355 e. The number of nitrogens with zero attached hydrogens (tertiary/aromatic N) is 1. The van der Waals surface area contributed by atoms with Crippen LogP contribution in [0.25, 0.3) is 10.9 Å². The maximum Gasteiger partial charge on any atom is 0.355 e. The molecule has 0 saturated carbocycles. The fourth-order valence-electron chi connectivity index (χ4n) is 1.98. The van der Waals surface area contributed by atoms with E-state index in [0.29, 0.717) is 6.29 Å². The molecule has 0 aliphatic heterocycles. The first-order valence-corrected chi connectivity index (χ1v) is 5.45. The quantitative estimate of drug-likeness (QED) is 0.394. The number of H-pyrrole nitrogens is 1. The summed E-state index contributed by atoms with van der Waals surface area (Å²) in [7, 11) is 2.44. The molecule has 0 fully saturated rings. The van der Waals surface area contributed by atoms with Gasteiger partial charge in [-0.3, -0.25) is 14.9 Å². The number of benzene rings is 1. The molecule has 0 bridgehead atoms. The molecule has 0 radical (unpaired) electrons. The van der Waals surface area contributed by atoms with E-state index in [9.17, 15) is 19.7 Å². The number of aldehydes is 1. The predicted octanol–water partition coefficient (Wildman–Crippen LogP) is 1.68. The van der Waals surface area contributed by atoms with Gasteiger partial charge in [0.05, 0.1) is 24.7 Å². The first kappa shape index (κ1) is 13.5. The van der Waals surface area contributed by atoms with Crippen molar-refractivity contribution in [1.82, 2.24) is 4.98 Å². The first-order chi connectivity index (χ1) is 9.54. The van der Waals surface area contributed by atoms with Crippen LogP contribution in [0, 0.1) is 10.1 Å². The van der Waals surface area contributed by atoms with Gasteiger partial charge in [-0.1, -0.05) is 0 Å². The summed E-state index contributed by atoms with van der Waals surface area (Å²) in [6.45, 7) is 0. The van der Waals surface area contributed by atoms with Crippen molar-refractivity contribution >= 4 is 28.8 Å². The largest absolute Gasteiger partial charge is 0.490 e. The number of nitro benzene ring substituents is 1. The van der Waals surface area contributed by atoms with Crippen molar-refractivity contribution in [2.24, 2.45) is 0 Å². The lowest BCUT2D eigenvalue weighted by molar-refractivity contribution is -0.384. The van der Waals surface area contributed by atoms with Crippen molar-refractivity contribution in [1.29, 1.82) is 0 Å².